The number of halogens is 1. The third-order valence-corrected chi connectivity index (χ3v) is 5.34. The van der Waals surface area contributed by atoms with Crippen molar-refractivity contribution < 1.29 is 9.59 Å². The average Bonchev–Trinajstić information content (AvgIpc) is 2.91. The zero-order valence-electron chi connectivity index (χ0n) is 16.0. The van der Waals surface area contributed by atoms with Gasteiger partial charge in [0.05, 0.1) is 0 Å². The van der Waals surface area contributed by atoms with E-state index in [9.17, 15) is 9.59 Å². The molecule has 2 aromatic rings. The highest BCUT2D eigenvalue weighted by molar-refractivity contribution is 9.10. The lowest BCUT2D eigenvalue weighted by molar-refractivity contribution is -0.125. The first-order chi connectivity index (χ1) is 13.5. The fourth-order valence-electron chi connectivity index (χ4n) is 3.48. The molecule has 1 aliphatic rings. The van der Waals surface area contributed by atoms with Crippen molar-refractivity contribution in [1.29, 1.82) is 0 Å². The van der Waals surface area contributed by atoms with Gasteiger partial charge in [-0.2, -0.15) is 0 Å². The number of carbonyl (C=O) groups excluding carboxylic acids is 2. The molecule has 0 aliphatic carbocycles. The summed E-state index contributed by atoms with van der Waals surface area (Å²) in [5.41, 5.74) is 2.70. The molecule has 1 saturated heterocycles. The SMILES string of the molecule is C/C(=C\c1ccccc1)CN(C(=O)c1cccc(Br)c1)C1CCCCNC1=O. The molecule has 0 saturated carbocycles. The molecule has 28 heavy (non-hydrogen) atoms. The first-order valence-corrected chi connectivity index (χ1v) is 10.4. The van der Waals surface area contributed by atoms with E-state index >= 15 is 0 Å². The second-order valence-electron chi connectivity index (χ2n) is 7.15. The summed E-state index contributed by atoms with van der Waals surface area (Å²) < 4.78 is 0.847. The number of benzene rings is 2. The van der Waals surface area contributed by atoms with Crippen molar-refractivity contribution in [3.8, 4) is 0 Å². The van der Waals surface area contributed by atoms with Crippen LogP contribution in [-0.4, -0.2) is 35.8 Å². The predicted molar refractivity (Wildman–Crippen MR) is 116 cm³/mol. The molecule has 1 atom stereocenters. The maximum absolute atomic E-state index is 13.3. The van der Waals surface area contributed by atoms with E-state index in [2.05, 4.69) is 27.3 Å². The molecule has 3 rings (SSSR count). The molecule has 5 heteroatoms. The van der Waals surface area contributed by atoms with E-state index in [1.807, 2.05) is 49.4 Å². The van der Waals surface area contributed by atoms with Crippen LogP contribution >= 0.6 is 15.9 Å². The Balaban J connectivity index is 1.90. The molecule has 2 amide bonds. The van der Waals surface area contributed by atoms with E-state index in [0.717, 1.165) is 28.5 Å². The fraction of sp³-hybridized carbons (Fsp3) is 0.304. The monoisotopic (exact) mass is 440 g/mol. The average molecular weight is 441 g/mol. The van der Waals surface area contributed by atoms with Crippen molar-refractivity contribution >= 4 is 33.8 Å². The number of hydrogen-bond donors (Lipinski definition) is 1. The highest BCUT2D eigenvalue weighted by Crippen LogP contribution is 2.20. The largest absolute Gasteiger partial charge is 0.354 e. The number of nitrogens with one attached hydrogen (secondary N) is 1. The van der Waals surface area contributed by atoms with E-state index in [-0.39, 0.29) is 11.8 Å². The second-order valence-corrected chi connectivity index (χ2v) is 8.06. The van der Waals surface area contributed by atoms with Gasteiger partial charge in [-0.15, -0.1) is 0 Å². The number of rotatable bonds is 5. The minimum absolute atomic E-state index is 0.0617. The number of hydrogen-bond acceptors (Lipinski definition) is 2. The summed E-state index contributed by atoms with van der Waals surface area (Å²) in [6, 6.07) is 16.9. The van der Waals surface area contributed by atoms with Gasteiger partial charge in [0.15, 0.2) is 0 Å². The van der Waals surface area contributed by atoms with Crippen molar-refractivity contribution in [2.45, 2.75) is 32.2 Å². The van der Waals surface area contributed by atoms with Gasteiger partial charge in [-0.3, -0.25) is 9.59 Å². The van der Waals surface area contributed by atoms with Gasteiger partial charge in [0, 0.05) is 23.1 Å². The van der Waals surface area contributed by atoms with Crippen LogP contribution in [-0.2, 0) is 4.79 Å². The zero-order chi connectivity index (χ0) is 19.9. The molecule has 0 spiro atoms. The molecule has 0 radical (unpaired) electrons. The molecule has 0 aromatic heterocycles. The molecule has 2 aromatic carbocycles. The first-order valence-electron chi connectivity index (χ1n) is 9.61. The normalized spacial score (nSPS) is 17.6. The number of nitrogens with zero attached hydrogens (tertiary/aromatic N) is 1. The highest BCUT2D eigenvalue weighted by Gasteiger charge is 2.31. The van der Waals surface area contributed by atoms with E-state index in [1.54, 1.807) is 17.0 Å². The summed E-state index contributed by atoms with van der Waals surface area (Å²) in [5, 5.41) is 2.95. The van der Waals surface area contributed by atoms with Crippen LogP contribution in [0.25, 0.3) is 6.08 Å². The van der Waals surface area contributed by atoms with Gasteiger partial charge < -0.3 is 10.2 Å². The summed E-state index contributed by atoms with van der Waals surface area (Å²) in [5.74, 6) is -0.183. The molecule has 1 aliphatic heterocycles. The summed E-state index contributed by atoms with van der Waals surface area (Å²) in [7, 11) is 0. The minimum atomic E-state index is -0.451. The van der Waals surface area contributed by atoms with Gasteiger partial charge in [-0.1, -0.05) is 64.0 Å². The van der Waals surface area contributed by atoms with E-state index < -0.39 is 6.04 Å². The van der Waals surface area contributed by atoms with Crippen molar-refractivity contribution in [2.24, 2.45) is 0 Å². The molecule has 1 fully saturated rings. The van der Waals surface area contributed by atoms with E-state index in [1.165, 1.54) is 0 Å². The fourth-order valence-corrected chi connectivity index (χ4v) is 3.88. The van der Waals surface area contributed by atoms with Crippen LogP contribution in [0, 0.1) is 0 Å². The molecule has 4 nitrogen and oxygen atoms in total. The Labute approximate surface area is 174 Å². The molecular weight excluding hydrogens is 416 g/mol. The highest BCUT2D eigenvalue weighted by atomic mass is 79.9. The van der Waals surface area contributed by atoms with Crippen molar-refractivity contribution in [3.63, 3.8) is 0 Å². The maximum Gasteiger partial charge on any atom is 0.254 e. The molecule has 146 valence electrons. The first kappa shape index (κ1) is 20.3. The Bertz CT molecular complexity index is 864. The van der Waals surface area contributed by atoms with Gasteiger partial charge in [0.2, 0.25) is 5.91 Å². The number of amides is 2. The summed E-state index contributed by atoms with van der Waals surface area (Å²) in [4.78, 5) is 27.7. The van der Waals surface area contributed by atoms with Gasteiger partial charge in [0.25, 0.3) is 5.91 Å². The lowest BCUT2D eigenvalue weighted by Crippen LogP contribution is -2.49. The van der Waals surface area contributed by atoms with Gasteiger partial charge in [-0.05, 0) is 49.9 Å². The van der Waals surface area contributed by atoms with Crippen LogP contribution in [0.4, 0.5) is 0 Å². The summed E-state index contributed by atoms with van der Waals surface area (Å²) in [6.45, 7) is 3.09. The lowest BCUT2D eigenvalue weighted by Gasteiger charge is -2.30. The minimum Gasteiger partial charge on any atom is -0.354 e. The molecular formula is C23H25BrN2O2. The Morgan fingerprint density at radius 1 is 1.18 bits per heavy atom. The summed E-state index contributed by atoms with van der Waals surface area (Å²) >= 11 is 3.43. The second kappa shape index (κ2) is 9.69. The molecule has 1 unspecified atom stereocenters. The van der Waals surface area contributed by atoms with Gasteiger partial charge >= 0.3 is 0 Å². The Hall–Kier alpha value is -2.40. The van der Waals surface area contributed by atoms with Crippen molar-refractivity contribution in [3.05, 3.63) is 75.8 Å². The Kier molecular flexibility index (Phi) is 7.04. The van der Waals surface area contributed by atoms with Crippen molar-refractivity contribution in [2.75, 3.05) is 13.1 Å². The molecule has 1 heterocycles. The van der Waals surface area contributed by atoms with Crippen LogP contribution in [0.1, 0.15) is 42.1 Å². The lowest BCUT2D eigenvalue weighted by atomic mass is 10.0. The van der Waals surface area contributed by atoms with Crippen LogP contribution in [0.5, 0.6) is 0 Å². The van der Waals surface area contributed by atoms with Crippen LogP contribution < -0.4 is 5.32 Å². The van der Waals surface area contributed by atoms with E-state index in [4.69, 9.17) is 0 Å². The summed E-state index contributed by atoms with van der Waals surface area (Å²) in [6.07, 6.45) is 4.62. The maximum atomic E-state index is 13.3. The van der Waals surface area contributed by atoms with Crippen molar-refractivity contribution in [1.82, 2.24) is 10.2 Å². The van der Waals surface area contributed by atoms with E-state index in [0.29, 0.717) is 25.1 Å². The zero-order valence-corrected chi connectivity index (χ0v) is 17.6. The van der Waals surface area contributed by atoms with Crippen LogP contribution in [0.15, 0.2) is 64.6 Å². The third kappa shape index (κ3) is 5.32. The predicted octanol–water partition coefficient (Wildman–Crippen LogP) is 4.66. The van der Waals surface area contributed by atoms with Gasteiger partial charge in [-0.25, -0.2) is 0 Å². The topological polar surface area (TPSA) is 49.4 Å². The molecule has 0 bridgehead atoms. The smallest absolute Gasteiger partial charge is 0.254 e. The standard InChI is InChI=1S/C23H25BrN2O2/c1-17(14-18-8-3-2-4-9-18)16-26(21-12-5-6-13-25-22(21)27)23(28)19-10-7-11-20(24)15-19/h2-4,7-11,14-15,21H,5-6,12-13,16H2,1H3,(H,25,27)/b17-14+. The van der Waals surface area contributed by atoms with Gasteiger partial charge in [0.1, 0.15) is 6.04 Å². The quantitative estimate of drug-likeness (QED) is 0.734. The number of carbonyl (C=O) groups is 2. The molecule has 1 N–H and O–H groups in total. The van der Waals surface area contributed by atoms with Crippen LogP contribution in [0.3, 0.4) is 0 Å². The Morgan fingerprint density at radius 2 is 1.96 bits per heavy atom. The third-order valence-electron chi connectivity index (χ3n) is 4.85. The Morgan fingerprint density at radius 3 is 2.71 bits per heavy atom. The van der Waals surface area contributed by atoms with Crippen LogP contribution in [0.2, 0.25) is 0 Å².